The van der Waals surface area contributed by atoms with Crippen LogP contribution in [-0.4, -0.2) is 35.0 Å². The molecule has 0 bridgehead atoms. The highest BCUT2D eigenvalue weighted by Gasteiger charge is 2.23. The third-order valence-electron chi connectivity index (χ3n) is 3.05. The number of carboxylic acid groups (broad SMARTS) is 1. The predicted molar refractivity (Wildman–Crippen MR) is 78.0 cm³/mol. The Balaban J connectivity index is 2.31. The number of carbonyl (C=O) groups excluding carboxylic acids is 1. The molecule has 2 aromatic rings. The van der Waals surface area contributed by atoms with Crippen LogP contribution in [0.2, 0.25) is 0 Å². The molecule has 0 saturated carbocycles. The highest BCUT2D eigenvalue weighted by atomic mass is 16.4. The Labute approximate surface area is 122 Å². The number of aliphatic carboxylic acids is 1. The molecule has 2 rings (SSSR count). The van der Waals surface area contributed by atoms with Crippen LogP contribution in [0.25, 0.3) is 11.1 Å². The molecule has 1 N–H and O–H groups in total. The Bertz CT molecular complexity index is 618. The van der Waals surface area contributed by atoms with Crippen molar-refractivity contribution >= 4 is 11.9 Å². The second-order valence-corrected chi connectivity index (χ2v) is 4.65. The number of carbonyl (C=O) groups is 2. The summed E-state index contributed by atoms with van der Waals surface area (Å²) < 4.78 is 5.31. The summed E-state index contributed by atoms with van der Waals surface area (Å²) in [6.45, 7) is 1.93. The maximum absolute atomic E-state index is 12.5. The summed E-state index contributed by atoms with van der Waals surface area (Å²) in [6, 6.07) is 11.1. The summed E-state index contributed by atoms with van der Waals surface area (Å²) in [6.07, 6.45) is 2.13. The van der Waals surface area contributed by atoms with Crippen molar-refractivity contribution in [3.63, 3.8) is 0 Å². The molecule has 0 fully saturated rings. The van der Waals surface area contributed by atoms with Gasteiger partial charge in [0.15, 0.2) is 5.76 Å². The normalized spacial score (nSPS) is 10.3. The molecule has 0 radical (unpaired) electrons. The Kier molecular flexibility index (Phi) is 4.77. The van der Waals surface area contributed by atoms with Gasteiger partial charge in [0.2, 0.25) is 0 Å². The van der Waals surface area contributed by atoms with Gasteiger partial charge >= 0.3 is 5.97 Å². The van der Waals surface area contributed by atoms with E-state index in [-0.39, 0.29) is 12.3 Å². The van der Waals surface area contributed by atoms with Crippen LogP contribution >= 0.6 is 0 Å². The SMILES string of the molecule is CCCN(CC(=O)O)C(=O)c1occc1-c1ccccc1. The summed E-state index contributed by atoms with van der Waals surface area (Å²) >= 11 is 0. The molecule has 0 unspecified atom stereocenters. The van der Waals surface area contributed by atoms with Crippen molar-refractivity contribution in [1.29, 1.82) is 0 Å². The molecule has 1 heterocycles. The zero-order valence-electron chi connectivity index (χ0n) is 11.8. The summed E-state index contributed by atoms with van der Waals surface area (Å²) in [4.78, 5) is 24.7. The first-order chi connectivity index (χ1) is 10.1. The lowest BCUT2D eigenvalue weighted by atomic mass is 10.1. The molecular weight excluding hydrogens is 270 g/mol. The molecule has 5 nitrogen and oxygen atoms in total. The zero-order chi connectivity index (χ0) is 15.2. The lowest BCUT2D eigenvalue weighted by Crippen LogP contribution is -2.36. The molecule has 0 aliphatic heterocycles. The van der Waals surface area contributed by atoms with Gasteiger partial charge < -0.3 is 14.4 Å². The topological polar surface area (TPSA) is 70.8 Å². The quantitative estimate of drug-likeness (QED) is 0.886. The highest BCUT2D eigenvalue weighted by Crippen LogP contribution is 2.25. The molecule has 0 aliphatic rings. The Morgan fingerprint density at radius 3 is 2.52 bits per heavy atom. The van der Waals surface area contributed by atoms with Crippen molar-refractivity contribution < 1.29 is 19.1 Å². The molecule has 0 aliphatic carbocycles. The number of carboxylic acids is 1. The van der Waals surface area contributed by atoms with Crippen LogP contribution in [0.4, 0.5) is 0 Å². The van der Waals surface area contributed by atoms with Crippen molar-refractivity contribution in [2.24, 2.45) is 0 Å². The fourth-order valence-corrected chi connectivity index (χ4v) is 2.15. The Morgan fingerprint density at radius 1 is 1.19 bits per heavy atom. The molecule has 5 heteroatoms. The minimum atomic E-state index is -1.04. The van der Waals surface area contributed by atoms with Gasteiger partial charge in [-0.1, -0.05) is 37.3 Å². The molecular formula is C16H17NO4. The van der Waals surface area contributed by atoms with Crippen LogP contribution in [0.15, 0.2) is 47.1 Å². The lowest BCUT2D eigenvalue weighted by Gasteiger charge is -2.19. The van der Waals surface area contributed by atoms with Gasteiger partial charge in [0.05, 0.1) is 6.26 Å². The van der Waals surface area contributed by atoms with E-state index in [1.807, 2.05) is 37.3 Å². The Hall–Kier alpha value is -2.56. The molecule has 0 atom stereocenters. The van der Waals surface area contributed by atoms with Gasteiger partial charge in [-0.25, -0.2) is 0 Å². The van der Waals surface area contributed by atoms with Crippen molar-refractivity contribution in [2.75, 3.05) is 13.1 Å². The molecule has 1 amide bonds. The minimum absolute atomic E-state index is 0.177. The van der Waals surface area contributed by atoms with E-state index in [0.717, 1.165) is 5.56 Å². The first-order valence-electron chi connectivity index (χ1n) is 6.77. The molecule has 110 valence electrons. The average molecular weight is 287 g/mol. The number of amides is 1. The van der Waals surface area contributed by atoms with E-state index in [2.05, 4.69) is 0 Å². The zero-order valence-corrected chi connectivity index (χ0v) is 11.8. The number of hydrogen-bond acceptors (Lipinski definition) is 3. The van der Waals surface area contributed by atoms with Gasteiger partial charge in [-0.3, -0.25) is 9.59 Å². The number of nitrogens with zero attached hydrogens (tertiary/aromatic N) is 1. The summed E-state index contributed by atoms with van der Waals surface area (Å²) in [5.41, 5.74) is 1.54. The van der Waals surface area contributed by atoms with Crippen LogP contribution < -0.4 is 0 Å². The van der Waals surface area contributed by atoms with Gasteiger partial charge in [0, 0.05) is 12.1 Å². The fourth-order valence-electron chi connectivity index (χ4n) is 2.15. The number of furan rings is 1. The van der Waals surface area contributed by atoms with Crippen LogP contribution in [0.1, 0.15) is 23.9 Å². The standard InChI is InChI=1S/C16H17NO4/c1-2-9-17(11-14(18)19)16(20)15-13(8-10-21-15)12-6-4-3-5-7-12/h3-8,10H,2,9,11H2,1H3,(H,18,19). The van der Waals surface area contributed by atoms with Crippen LogP contribution in [0.5, 0.6) is 0 Å². The number of rotatable bonds is 6. The van der Waals surface area contributed by atoms with Crippen molar-refractivity contribution in [1.82, 2.24) is 4.90 Å². The maximum Gasteiger partial charge on any atom is 0.323 e. The van der Waals surface area contributed by atoms with Gasteiger partial charge in [0.1, 0.15) is 6.54 Å². The molecule has 21 heavy (non-hydrogen) atoms. The van der Waals surface area contributed by atoms with Crippen molar-refractivity contribution in [3.8, 4) is 11.1 Å². The van der Waals surface area contributed by atoms with Crippen LogP contribution in [0, 0.1) is 0 Å². The van der Waals surface area contributed by atoms with E-state index >= 15 is 0 Å². The number of hydrogen-bond donors (Lipinski definition) is 1. The van der Waals surface area contributed by atoms with E-state index in [0.29, 0.717) is 18.5 Å². The first kappa shape index (κ1) is 14.8. The Morgan fingerprint density at radius 2 is 1.90 bits per heavy atom. The highest BCUT2D eigenvalue weighted by molar-refractivity contribution is 5.99. The van der Waals surface area contributed by atoms with Crippen molar-refractivity contribution in [2.45, 2.75) is 13.3 Å². The molecule has 0 spiro atoms. The van der Waals surface area contributed by atoms with E-state index in [1.165, 1.54) is 11.2 Å². The lowest BCUT2D eigenvalue weighted by molar-refractivity contribution is -0.137. The number of benzene rings is 1. The first-order valence-corrected chi connectivity index (χ1v) is 6.77. The monoisotopic (exact) mass is 287 g/mol. The molecule has 1 aromatic heterocycles. The van der Waals surface area contributed by atoms with E-state index < -0.39 is 11.9 Å². The van der Waals surface area contributed by atoms with Gasteiger partial charge in [-0.15, -0.1) is 0 Å². The fraction of sp³-hybridized carbons (Fsp3) is 0.250. The van der Waals surface area contributed by atoms with Crippen molar-refractivity contribution in [3.05, 3.63) is 48.4 Å². The minimum Gasteiger partial charge on any atom is -0.480 e. The van der Waals surface area contributed by atoms with E-state index in [1.54, 1.807) is 6.07 Å². The second kappa shape index (κ2) is 6.74. The summed E-state index contributed by atoms with van der Waals surface area (Å²) in [5, 5.41) is 8.92. The summed E-state index contributed by atoms with van der Waals surface area (Å²) in [5.74, 6) is -1.26. The average Bonchev–Trinajstić information content (AvgIpc) is 2.96. The largest absolute Gasteiger partial charge is 0.480 e. The van der Waals surface area contributed by atoms with Crippen LogP contribution in [-0.2, 0) is 4.79 Å². The van der Waals surface area contributed by atoms with Gasteiger partial charge in [-0.05, 0) is 18.1 Å². The van der Waals surface area contributed by atoms with Gasteiger partial charge in [-0.2, -0.15) is 0 Å². The third-order valence-corrected chi connectivity index (χ3v) is 3.05. The smallest absolute Gasteiger partial charge is 0.323 e. The van der Waals surface area contributed by atoms with E-state index in [4.69, 9.17) is 9.52 Å². The molecule has 0 saturated heterocycles. The van der Waals surface area contributed by atoms with Crippen LogP contribution in [0.3, 0.4) is 0 Å². The summed E-state index contributed by atoms with van der Waals surface area (Å²) in [7, 11) is 0. The molecule has 1 aromatic carbocycles. The van der Waals surface area contributed by atoms with E-state index in [9.17, 15) is 9.59 Å². The predicted octanol–water partition coefficient (Wildman–Crippen LogP) is 2.88. The second-order valence-electron chi connectivity index (χ2n) is 4.65. The van der Waals surface area contributed by atoms with Gasteiger partial charge in [0.25, 0.3) is 5.91 Å². The third kappa shape index (κ3) is 3.51. The maximum atomic E-state index is 12.5.